The standard InChI is InChI=1S/C26H37N3O7/c30-19-14-29(26(32)18-4-7-22-23(12-18)35-17-34-22)21-6-5-20(36-24(21)16-33-15-19)13-25(31)27-8-11-28-9-2-1-3-10-28/h4,7,12,19-21,24,30H,1-3,5-6,8-11,13-17H2,(H,27,31)/t19-,20+,21-,24+/m0/s1. The molecule has 0 aromatic heterocycles. The third kappa shape index (κ3) is 6.11. The highest BCUT2D eigenvalue weighted by molar-refractivity contribution is 5.95. The van der Waals surface area contributed by atoms with Crippen LogP contribution in [0.1, 0.15) is 48.9 Å². The van der Waals surface area contributed by atoms with Gasteiger partial charge in [0.15, 0.2) is 11.5 Å². The van der Waals surface area contributed by atoms with Crippen LogP contribution in [0.4, 0.5) is 0 Å². The number of nitrogens with one attached hydrogen (secondary N) is 1. The van der Waals surface area contributed by atoms with Gasteiger partial charge in [0.25, 0.3) is 5.91 Å². The molecule has 0 radical (unpaired) electrons. The Hall–Kier alpha value is -2.40. The summed E-state index contributed by atoms with van der Waals surface area (Å²) in [5.74, 6) is 0.954. The van der Waals surface area contributed by atoms with E-state index < -0.39 is 6.10 Å². The zero-order valence-corrected chi connectivity index (χ0v) is 20.7. The van der Waals surface area contributed by atoms with Gasteiger partial charge in [-0.05, 0) is 57.0 Å². The molecule has 0 bridgehead atoms. The Morgan fingerprint density at radius 1 is 1.06 bits per heavy atom. The summed E-state index contributed by atoms with van der Waals surface area (Å²) in [6.07, 6.45) is 4.01. The lowest BCUT2D eigenvalue weighted by Gasteiger charge is -2.44. The van der Waals surface area contributed by atoms with E-state index in [1.165, 1.54) is 19.3 Å². The highest BCUT2D eigenvalue weighted by atomic mass is 16.7. The van der Waals surface area contributed by atoms with Crippen LogP contribution < -0.4 is 14.8 Å². The van der Waals surface area contributed by atoms with Crippen molar-refractivity contribution in [2.45, 2.75) is 62.9 Å². The predicted molar refractivity (Wildman–Crippen MR) is 130 cm³/mol. The minimum Gasteiger partial charge on any atom is -0.454 e. The van der Waals surface area contributed by atoms with Crippen LogP contribution in [0.2, 0.25) is 0 Å². The Labute approximate surface area is 211 Å². The minimum atomic E-state index is -0.785. The molecule has 3 fully saturated rings. The Bertz CT molecular complexity index is 923. The van der Waals surface area contributed by atoms with E-state index in [4.69, 9.17) is 18.9 Å². The molecule has 0 unspecified atom stereocenters. The normalized spacial score (nSPS) is 28.6. The number of hydrogen-bond donors (Lipinski definition) is 2. The van der Waals surface area contributed by atoms with E-state index in [1.54, 1.807) is 23.1 Å². The molecule has 0 aliphatic carbocycles. The number of amides is 2. The number of carbonyl (C=O) groups excluding carboxylic acids is 2. The first-order chi connectivity index (χ1) is 17.6. The molecule has 2 amide bonds. The van der Waals surface area contributed by atoms with Gasteiger partial charge in [-0.15, -0.1) is 0 Å². The highest BCUT2D eigenvalue weighted by Crippen LogP contribution is 2.34. The van der Waals surface area contributed by atoms with Gasteiger partial charge in [-0.25, -0.2) is 0 Å². The van der Waals surface area contributed by atoms with Crippen molar-refractivity contribution in [3.8, 4) is 11.5 Å². The number of nitrogens with zero attached hydrogens (tertiary/aromatic N) is 2. The van der Waals surface area contributed by atoms with Crippen molar-refractivity contribution in [3.63, 3.8) is 0 Å². The summed E-state index contributed by atoms with van der Waals surface area (Å²) in [4.78, 5) is 30.2. The lowest BCUT2D eigenvalue weighted by molar-refractivity contribution is -0.150. The number of β-amino-alcohol motifs (C(OH)–C–C–N with tert-alkyl or cyclic N) is 1. The van der Waals surface area contributed by atoms with Crippen molar-refractivity contribution in [1.82, 2.24) is 15.1 Å². The molecule has 1 aromatic rings. The average molecular weight is 504 g/mol. The quantitative estimate of drug-likeness (QED) is 0.595. The number of carbonyl (C=O) groups is 2. The van der Waals surface area contributed by atoms with E-state index in [0.717, 1.165) is 19.6 Å². The van der Waals surface area contributed by atoms with Crippen molar-refractivity contribution in [2.24, 2.45) is 0 Å². The number of ether oxygens (including phenoxy) is 4. The van der Waals surface area contributed by atoms with Crippen molar-refractivity contribution in [3.05, 3.63) is 23.8 Å². The number of piperidine rings is 1. The molecule has 198 valence electrons. The van der Waals surface area contributed by atoms with Crippen molar-refractivity contribution in [1.29, 1.82) is 0 Å². The summed E-state index contributed by atoms with van der Waals surface area (Å²) in [5.41, 5.74) is 0.474. The Kier molecular flexibility index (Phi) is 8.25. The van der Waals surface area contributed by atoms with Gasteiger partial charge in [-0.1, -0.05) is 6.42 Å². The average Bonchev–Trinajstić information content (AvgIpc) is 3.35. The van der Waals surface area contributed by atoms with Crippen LogP contribution >= 0.6 is 0 Å². The smallest absolute Gasteiger partial charge is 0.254 e. The van der Waals surface area contributed by atoms with E-state index in [9.17, 15) is 14.7 Å². The molecule has 4 aliphatic rings. The first-order valence-electron chi connectivity index (χ1n) is 13.2. The number of fused-ring (bicyclic) bond motifs is 2. The van der Waals surface area contributed by atoms with E-state index in [2.05, 4.69) is 10.2 Å². The van der Waals surface area contributed by atoms with Gasteiger partial charge >= 0.3 is 0 Å². The summed E-state index contributed by atoms with van der Waals surface area (Å²) in [6, 6.07) is 4.87. The minimum absolute atomic E-state index is 0.00839. The summed E-state index contributed by atoms with van der Waals surface area (Å²) in [7, 11) is 0. The van der Waals surface area contributed by atoms with Crippen LogP contribution in [0.25, 0.3) is 0 Å². The van der Waals surface area contributed by atoms with Gasteiger partial charge in [0.2, 0.25) is 12.7 Å². The largest absolute Gasteiger partial charge is 0.454 e. The molecule has 0 spiro atoms. The lowest BCUT2D eigenvalue weighted by Crippen LogP contribution is -2.57. The SMILES string of the molecule is O=C(C[C@H]1CC[C@H]2[C@@H](COC[C@@H](O)CN2C(=O)c2ccc3c(c2)OCO3)O1)NCCN1CCCCC1. The molecule has 10 nitrogen and oxygen atoms in total. The van der Waals surface area contributed by atoms with Gasteiger partial charge in [0.1, 0.15) is 6.10 Å². The molecule has 4 heterocycles. The number of aliphatic hydroxyl groups is 1. The van der Waals surface area contributed by atoms with Crippen LogP contribution in [0.5, 0.6) is 11.5 Å². The molecule has 3 saturated heterocycles. The first-order valence-corrected chi connectivity index (χ1v) is 13.2. The fourth-order valence-corrected chi connectivity index (χ4v) is 5.59. The second-order valence-corrected chi connectivity index (χ2v) is 10.1. The molecule has 5 rings (SSSR count). The summed E-state index contributed by atoms with van der Waals surface area (Å²) >= 11 is 0. The number of benzene rings is 1. The Morgan fingerprint density at radius 2 is 1.89 bits per heavy atom. The van der Waals surface area contributed by atoms with E-state index in [1.807, 2.05) is 0 Å². The molecule has 4 atom stereocenters. The monoisotopic (exact) mass is 503 g/mol. The van der Waals surface area contributed by atoms with E-state index in [0.29, 0.717) is 42.9 Å². The van der Waals surface area contributed by atoms with E-state index in [-0.39, 0.29) is 56.6 Å². The Morgan fingerprint density at radius 3 is 2.75 bits per heavy atom. The highest BCUT2D eigenvalue weighted by Gasteiger charge is 2.40. The van der Waals surface area contributed by atoms with Crippen LogP contribution in [0.15, 0.2) is 18.2 Å². The third-order valence-corrected chi connectivity index (χ3v) is 7.47. The summed E-state index contributed by atoms with van der Waals surface area (Å²) < 4.78 is 22.8. The first kappa shape index (κ1) is 25.3. The maximum absolute atomic E-state index is 13.5. The van der Waals surface area contributed by atoms with Gasteiger partial charge in [-0.2, -0.15) is 0 Å². The van der Waals surface area contributed by atoms with Crippen LogP contribution in [0.3, 0.4) is 0 Å². The number of hydrogen-bond acceptors (Lipinski definition) is 8. The molecule has 1 aromatic carbocycles. The molecule has 0 saturated carbocycles. The molecular formula is C26H37N3O7. The van der Waals surface area contributed by atoms with Gasteiger partial charge in [0, 0.05) is 25.2 Å². The topological polar surface area (TPSA) is 110 Å². The van der Waals surface area contributed by atoms with E-state index >= 15 is 0 Å². The molecule has 10 heteroatoms. The zero-order chi connectivity index (χ0) is 24.9. The maximum atomic E-state index is 13.5. The second kappa shape index (κ2) is 11.8. The zero-order valence-electron chi connectivity index (χ0n) is 20.7. The van der Waals surface area contributed by atoms with Crippen LogP contribution in [-0.2, 0) is 14.3 Å². The predicted octanol–water partition coefficient (Wildman–Crippen LogP) is 1.16. The number of aliphatic hydroxyl groups excluding tert-OH is 1. The number of likely N-dealkylation sites (tertiary alicyclic amines) is 1. The van der Waals surface area contributed by atoms with Crippen LogP contribution in [0, 0.1) is 0 Å². The Balaban J connectivity index is 1.18. The second-order valence-electron chi connectivity index (χ2n) is 10.1. The molecule has 2 N–H and O–H groups in total. The van der Waals surface area contributed by atoms with Gasteiger partial charge in [-0.3, -0.25) is 9.59 Å². The maximum Gasteiger partial charge on any atom is 0.254 e. The van der Waals surface area contributed by atoms with Crippen molar-refractivity contribution >= 4 is 11.8 Å². The van der Waals surface area contributed by atoms with Crippen molar-refractivity contribution in [2.75, 3.05) is 52.7 Å². The third-order valence-electron chi connectivity index (χ3n) is 7.47. The van der Waals surface area contributed by atoms with Crippen molar-refractivity contribution < 1.29 is 33.6 Å². The molecule has 4 aliphatic heterocycles. The molecule has 36 heavy (non-hydrogen) atoms. The van der Waals surface area contributed by atoms with Gasteiger partial charge < -0.3 is 39.2 Å². The number of rotatable bonds is 6. The summed E-state index contributed by atoms with van der Waals surface area (Å²) in [6.45, 7) is 4.43. The van der Waals surface area contributed by atoms with Gasteiger partial charge in [0.05, 0.1) is 37.9 Å². The summed E-state index contributed by atoms with van der Waals surface area (Å²) in [5, 5.41) is 13.4. The fourth-order valence-electron chi connectivity index (χ4n) is 5.59. The van der Waals surface area contributed by atoms with Crippen LogP contribution in [-0.4, -0.2) is 104 Å². The molecular weight excluding hydrogens is 466 g/mol. The lowest BCUT2D eigenvalue weighted by atomic mass is 9.94. The fraction of sp³-hybridized carbons (Fsp3) is 0.692.